The van der Waals surface area contributed by atoms with Crippen LogP contribution >= 0.6 is 0 Å². The number of benzene rings is 1. The summed E-state index contributed by atoms with van der Waals surface area (Å²) in [5.74, 6) is 1.51. The number of anilines is 1. The maximum atomic E-state index is 8.80. The van der Waals surface area contributed by atoms with Gasteiger partial charge in [-0.15, -0.1) is 10.2 Å². The Morgan fingerprint density at radius 2 is 2.15 bits per heavy atom. The molecule has 1 aromatic carbocycles. The molecule has 0 atom stereocenters. The van der Waals surface area contributed by atoms with Gasteiger partial charge in [-0.3, -0.25) is 4.90 Å². The van der Waals surface area contributed by atoms with E-state index in [0.29, 0.717) is 5.82 Å². The van der Waals surface area contributed by atoms with Crippen LogP contribution in [-0.4, -0.2) is 23.9 Å². The number of nitriles is 1. The average molecular weight is 266 g/mol. The van der Waals surface area contributed by atoms with Crippen molar-refractivity contribution in [3.8, 4) is 23.2 Å². The van der Waals surface area contributed by atoms with Gasteiger partial charge in [-0.25, -0.2) is 0 Å². The minimum atomic E-state index is 0.539. The second kappa shape index (κ2) is 5.17. The van der Waals surface area contributed by atoms with E-state index in [4.69, 9.17) is 10.00 Å². The molecule has 0 bridgehead atoms. The largest absolute Gasteiger partial charge is 0.493 e. The summed E-state index contributed by atoms with van der Waals surface area (Å²) in [5, 5.41) is 17.0. The highest BCUT2D eigenvalue weighted by molar-refractivity contribution is 5.63. The molecule has 0 N–H and O–H groups in total. The van der Waals surface area contributed by atoms with Gasteiger partial charge in [0.2, 0.25) is 0 Å². The molecule has 5 heteroatoms. The molecule has 0 saturated heterocycles. The highest BCUT2D eigenvalue weighted by Crippen LogP contribution is 2.29. The molecular weight excluding hydrogens is 252 g/mol. The second-order valence-electron chi connectivity index (χ2n) is 4.71. The van der Waals surface area contributed by atoms with Gasteiger partial charge in [0.1, 0.15) is 5.75 Å². The monoisotopic (exact) mass is 266 g/mol. The van der Waals surface area contributed by atoms with Crippen molar-refractivity contribution in [2.75, 3.05) is 18.6 Å². The van der Waals surface area contributed by atoms with Crippen molar-refractivity contribution in [1.29, 1.82) is 5.26 Å². The van der Waals surface area contributed by atoms with E-state index in [1.807, 2.05) is 24.4 Å². The van der Waals surface area contributed by atoms with Crippen molar-refractivity contribution in [3.63, 3.8) is 0 Å². The first-order valence-corrected chi connectivity index (χ1v) is 6.51. The molecule has 1 aromatic heterocycles. The summed E-state index contributed by atoms with van der Waals surface area (Å²) in [7, 11) is 1.65. The van der Waals surface area contributed by atoms with Gasteiger partial charge in [0.05, 0.1) is 12.3 Å². The van der Waals surface area contributed by atoms with E-state index >= 15 is 0 Å². The molecule has 20 heavy (non-hydrogen) atoms. The average Bonchev–Trinajstić information content (AvgIpc) is 2.54. The SMILES string of the molecule is CN(C#N)c1ccc(-c2ccc3c(c2)CCCO3)nn1. The summed E-state index contributed by atoms with van der Waals surface area (Å²) in [6.07, 6.45) is 4.08. The van der Waals surface area contributed by atoms with Crippen LogP contribution in [-0.2, 0) is 6.42 Å². The first-order valence-electron chi connectivity index (χ1n) is 6.51. The minimum absolute atomic E-state index is 0.539. The topological polar surface area (TPSA) is 62.0 Å². The number of fused-ring (bicyclic) bond motifs is 1. The van der Waals surface area contributed by atoms with E-state index in [9.17, 15) is 0 Å². The fraction of sp³-hybridized carbons (Fsp3) is 0.267. The molecule has 0 radical (unpaired) electrons. The van der Waals surface area contributed by atoms with Gasteiger partial charge in [-0.1, -0.05) is 0 Å². The van der Waals surface area contributed by atoms with Crippen molar-refractivity contribution in [2.24, 2.45) is 0 Å². The quantitative estimate of drug-likeness (QED) is 0.617. The number of hydrogen-bond donors (Lipinski definition) is 0. The van der Waals surface area contributed by atoms with E-state index in [-0.39, 0.29) is 0 Å². The van der Waals surface area contributed by atoms with Crippen LogP contribution in [0, 0.1) is 11.5 Å². The molecular formula is C15H14N4O. The molecule has 100 valence electrons. The molecule has 3 rings (SSSR count). The van der Waals surface area contributed by atoms with Crippen molar-refractivity contribution in [3.05, 3.63) is 35.9 Å². The zero-order chi connectivity index (χ0) is 13.9. The van der Waals surface area contributed by atoms with Crippen LogP contribution in [0.4, 0.5) is 5.82 Å². The van der Waals surface area contributed by atoms with E-state index in [1.54, 1.807) is 13.1 Å². The Morgan fingerprint density at radius 3 is 2.90 bits per heavy atom. The first kappa shape index (κ1) is 12.4. The van der Waals surface area contributed by atoms with Gasteiger partial charge in [-0.05, 0) is 48.7 Å². The van der Waals surface area contributed by atoms with Gasteiger partial charge in [-0.2, -0.15) is 5.26 Å². The number of aromatic nitrogens is 2. The molecule has 0 aliphatic carbocycles. The molecule has 1 aliphatic heterocycles. The van der Waals surface area contributed by atoms with Crippen molar-refractivity contribution in [2.45, 2.75) is 12.8 Å². The summed E-state index contributed by atoms with van der Waals surface area (Å²) in [6, 6.07) is 9.75. The second-order valence-corrected chi connectivity index (χ2v) is 4.71. The van der Waals surface area contributed by atoms with Crippen LogP contribution in [0.15, 0.2) is 30.3 Å². The lowest BCUT2D eigenvalue weighted by atomic mass is 10.0. The third-order valence-electron chi connectivity index (χ3n) is 3.35. The summed E-state index contributed by atoms with van der Waals surface area (Å²) in [6.45, 7) is 0.793. The van der Waals surface area contributed by atoms with Crippen LogP contribution in [0.2, 0.25) is 0 Å². The maximum absolute atomic E-state index is 8.80. The smallest absolute Gasteiger partial charge is 0.185 e. The molecule has 0 fully saturated rings. The summed E-state index contributed by atoms with van der Waals surface area (Å²) in [5.41, 5.74) is 3.04. The lowest BCUT2D eigenvalue weighted by Gasteiger charge is -2.17. The van der Waals surface area contributed by atoms with Gasteiger partial charge < -0.3 is 4.74 Å². The fourth-order valence-corrected chi connectivity index (χ4v) is 2.23. The third-order valence-corrected chi connectivity index (χ3v) is 3.35. The number of hydrogen-bond acceptors (Lipinski definition) is 5. The number of ether oxygens (including phenoxy) is 1. The zero-order valence-corrected chi connectivity index (χ0v) is 11.2. The number of rotatable bonds is 2. The highest BCUT2D eigenvalue weighted by atomic mass is 16.5. The van der Waals surface area contributed by atoms with Gasteiger partial charge in [0, 0.05) is 12.6 Å². The van der Waals surface area contributed by atoms with Crippen LogP contribution in [0.5, 0.6) is 5.75 Å². The Labute approximate surface area is 117 Å². The van der Waals surface area contributed by atoms with Crippen LogP contribution < -0.4 is 9.64 Å². The zero-order valence-electron chi connectivity index (χ0n) is 11.2. The fourth-order valence-electron chi connectivity index (χ4n) is 2.23. The van der Waals surface area contributed by atoms with Crippen molar-refractivity contribution in [1.82, 2.24) is 10.2 Å². The molecule has 1 aliphatic rings. The minimum Gasteiger partial charge on any atom is -0.493 e. The lowest BCUT2D eigenvalue weighted by molar-refractivity contribution is 0.288. The molecule has 2 aromatic rings. The van der Waals surface area contributed by atoms with Crippen molar-refractivity contribution < 1.29 is 4.74 Å². The summed E-state index contributed by atoms with van der Waals surface area (Å²) < 4.78 is 5.60. The Morgan fingerprint density at radius 1 is 1.25 bits per heavy atom. The molecule has 2 heterocycles. The van der Waals surface area contributed by atoms with E-state index in [0.717, 1.165) is 36.5 Å². The van der Waals surface area contributed by atoms with E-state index < -0.39 is 0 Å². The van der Waals surface area contributed by atoms with Crippen molar-refractivity contribution >= 4 is 5.82 Å². The van der Waals surface area contributed by atoms with Crippen LogP contribution in [0.3, 0.4) is 0 Å². The van der Waals surface area contributed by atoms with Gasteiger partial charge in [0.15, 0.2) is 12.0 Å². The number of aryl methyl sites for hydroxylation is 1. The lowest BCUT2D eigenvalue weighted by Crippen LogP contribution is -2.10. The normalized spacial score (nSPS) is 13.0. The summed E-state index contributed by atoms with van der Waals surface area (Å²) in [4.78, 5) is 1.37. The molecule has 0 amide bonds. The first-order chi connectivity index (χ1) is 9.78. The van der Waals surface area contributed by atoms with E-state index in [2.05, 4.69) is 16.3 Å². The molecule has 0 unspecified atom stereocenters. The predicted octanol–water partition coefficient (Wildman–Crippen LogP) is 2.39. The highest BCUT2D eigenvalue weighted by Gasteiger charge is 2.12. The molecule has 5 nitrogen and oxygen atoms in total. The van der Waals surface area contributed by atoms with E-state index in [1.165, 1.54) is 10.5 Å². The van der Waals surface area contributed by atoms with Gasteiger partial charge in [0.25, 0.3) is 0 Å². The Balaban J connectivity index is 1.91. The third kappa shape index (κ3) is 2.28. The van der Waals surface area contributed by atoms with Gasteiger partial charge >= 0.3 is 0 Å². The van der Waals surface area contributed by atoms with Crippen LogP contribution in [0.1, 0.15) is 12.0 Å². The summed E-state index contributed by atoms with van der Waals surface area (Å²) >= 11 is 0. The molecule has 0 spiro atoms. The number of nitrogens with zero attached hydrogens (tertiary/aromatic N) is 4. The predicted molar refractivity (Wildman–Crippen MR) is 75.3 cm³/mol. The van der Waals surface area contributed by atoms with Crippen LogP contribution in [0.25, 0.3) is 11.3 Å². The Hall–Kier alpha value is -2.61. The maximum Gasteiger partial charge on any atom is 0.185 e. The Bertz CT molecular complexity index is 661. The Kier molecular flexibility index (Phi) is 3.21. The molecule has 0 saturated carbocycles. The standard InChI is InChI=1S/C15H14N4O/c1-19(10-16)15-7-5-13(17-18-15)11-4-6-14-12(9-11)3-2-8-20-14/h4-7,9H,2-3,8H2,1H3.